The Morgan fingerprint density at radius 2 is 1.89 bits per heavy atom. The Kier molecular flexibility index (Phi) is 4.99. The van der Waals surface area contributed by atoms with E-state index in [0.29, 0.717) is 6.42 Å². The van der Waals surface area contributed by atoms with Gasteiger partial charge in [0.15, 0.2) is 5.79 Å². The van der Waals surface area contributed by atoms with E-state index in [2.05, 4.69) is 13.5 Å². The van der Waals surface area contributed by atoms with Crippen molar-refractivity contribution in [3.63, 3.8) is 0 Å². The molecule has 0 aromatic heterocycles. The first-order valence-corrected chi connectivity index (χ1v) is 10.2. The van der Waals surface area contributed by atoms with Crippen molar-refractivity contribution in [1.82, 2.24) is 0 Å². The highest BCUT2D eigenvalue weighted by molar-refractivity contribution is 5.68. The second-order valence-electron chi connectivity index (χ2n) is 10.0. The molecule has 1 N–H and O–H groups in total. The molecule has 28 heavy (non-hydrogen) atoms. The number of hydrogen-bond donors (Lipinski definition) is 1. The van der Waals surface area contributed by atoms with Crippen LogP contribution >= 0.6 is 0 Å². The third-order valence-electron chi connectivity index (χ3n) is 7.84. The van der Waals surface area contributed by atoms with E-state index in [-0.39, 0.29) is 30.3 Å². The van der Waals surface area contributed by atoms with E-state index in [0.717, 1.165) is 12.8 Å². The molecule has 1 saturated carbocycles. The van der Waals surface area contributed by atoms with Crippen molar-refractivity contribution >= 4 is 11.9 Å². The van der Waals surface area contributed by atoms with Gasteiger partial charge in [-0.25, -0.2) is 0 Å². The van der Waals surface area contributed by atoms with Crippen LogP contribution in [-0.4, -0.2) is 40.6 Å². The Labute approximate surface area is 167 Å². The lowest BCUT2D eigenvalue weighted by atomic mass is 9.48. The molecule has 3 aliphatic rings. The Hall–Kier alpha value is -1.40. The second-order valence-corrected chi connectivity index (χ2v) is 10.0. The number of esters is 1. The number of carbonyl (C=O) groups excluding carboxylic acids is 1. The number of fused-ring (bicyclic) bond motifs is 3. The molecule has 7 atom stereocenters. The fraction of sp³-hybridized carbons (Fsp3) is 0.818. The van der Waals surface area contributed by atoms with Crippen molar-refractivity contribution in [1.29, 1.82) is 0 Å². The minimum absolute atomic E-state index is 0.00638. The minimum atomic E-state index is -0.845. The number of hydrogen-bond acceptors (Lipinski definition) is 5. The lowest BCUT2D eigenvalue weighted by molar-refractivity contribution is -0.293. The zero-order valence-corrected chi connectivity index (χ0v) is 17.9. The molecule has 0 unspecified atom stereocenters. The van der Waals surface area contributed by atoms with Gasteiger partial charge in [0.25, 0.3) is 0 Å². The Bertz CT molecular complexity index is 687. The molecule has 2 aliphatic heterocycles. The Morgan fingerprint density at radius 3 is 2.43 bits per heavy atom. The van der Waals surface area contributed by atoms with Gasteiger partial charge >= 0.3 is 11.9 Å². The normalized spacial score (nSPS) is 46.9. The first-order chi connectivity index (χ1) is 12.8. The molecule has 6 nitrogen and oxygen atoms in total. The van der Waals surface area contributed by atoms with E-state index in [1.807, 2.05) is 33.8 Å². The zero-order chi connectivity index (χ0) is 21.1. The molecule has 0 spiro atoms. The number of rotatable bonds is 4. The SMILES string of the molecule is C=C[C@]1(C)CC[C@@H]2[C@@](C)(O[C@@H]3C[C@H](OC(C)=O)C(C)(C)[C@@H](CC(=O)O)[C@]23C)O1. The summed E-state index contributed by atoms with van der Waals surface area (Å²) >= 11 is 0. The predicted molar refractivity (Wildman–Crippen MR) is 103 cm³/mol. The molecule has 2 saturated heterocycles. The fourth-order valence-corrected chi connectivity index (χ4v) is 6.39. The van der Waals surface area contributed by atoms with Crippen LogP contribution in [0.25, 0.3) is 0 Å². The summed E-state index contributed by atoms with van der Waals surface area (Å²) in [4.78, 5) is 23.5. The molecular weight excluding hydrogens is 360 g/mol. The van der Waals surface area contributed by atoms with Crippen LogP contribution in [0.15, 0.2) is 12.7 Å². The smallest absolute Gasteiger partial charge is 0.303 e. The first kappa shape index (κ1) is 21.3. The van der Waals surface area contributed by atoms with Gasteiger partial charge in [-0.2, -0.15) is 0 Å². The highest BCUT2D eigenvalue weighted by atomic mass is 16.7. The Morgan fingerprint density at radius 1 is 1.25 bits per heavy atom. The lowest BCUT2D eigenvalue weighted by Crippen LogP contribution is -2.59. The topological polar surface area (TPSA) is 82.1 Å². The van der Waals surface area contributed by atoms with Gasteiger partial charge < -0.3 is 19.3 Å². The third kappa shape index (κ3) is 3.09. The maximum absolute atomic E-state index is 11.8. The average molecular weight is 395 g/mol. The van der Waals surface area contributed by atoms with E-state index in [1.54, 1.807) is 0 Å². The van der Waals surface area contributed by atoms with Gasteiger partial charge in [0, 0.05) is 36.5 Å². The minimum Gasteiger partial charge on any atom is -0.481 e. The van der Waals surface area contributed by atoms with Crippen LogP contribution in [0.5, 0.6) is 0 Å². The predicted octanol–water partition coefficient (Wildman–Crippen LogP) is 3.93. The van der Waals surface area contributed by atoms with E-state index in [9.17, 15) is 14.7 Å². The first-order valence-electron chi connectivity index (χ1n) is 10.2. The highest BCUT2D eigenvalue weighted by Gasteiger charge is 2.70. The quantitative estimate of drug-likeness (QED) is 0.575. The summed E-state index contributed by atoms with van der Waals surface area (Å²) in [6.07, 6.45) is 3.42. The maximum Gasteiger partial charge on any atom is 0.303 e. The van der Waals surface area contributed by atoms with E-state index < -0.39 is 34.3 Å². The summed E-state index contributed by atoms with van der Waals surface area (Å²) in [6.45, 7) is 15.5. The molecule has 0 aromatic rings. The van der Waals surface area contributed by atoms with Crippen LogP contribution in [0.2, 0.25) is 0 Å². The second kappa shape index (κ2) is 6.56. The summed E-state index contributed by atoms with van der Waals surface area (Å²) < 4.78 is 18.6. The third-order valence-corrected chi connectivity index (χ3v) is 7.84. The summed E-state index contributed by atoms with van der Waals surface area (Å²) in [5.41, 5.74) is -1.36. The van der Waals surface area contributed by atoms with Crippen LogP contribution in [-0.2, 0) is 23.8 Å². The summed E-state index contributed by atoms with van der Waals surface area (Å²) in [7, 11) is 0. The summed E-state index contributed by atoms with van der Waals surface area (Å²) in [5, 5.41) is 9.69. The molecule has 1 aliphatic carbocycles. The van der Waals surface area contributed by atoms with Crippen LogP contribution in [0.1, 0.15) is 67.2 Å². The van der Waals surface area contributed by atoms with Crippen molar-refractivity contribution in [2.45, 2.75) is 90.8 Å². The standard InChI is InChI=1S/C22H34O6/c1-8-20(5)10-9-14-21(6)15(11-18(24)25)19(3,4)16(26-13(2)23)12-17(21)27-22(14,7)28-20/h8,14-17H,1,9-12H2,2-7H3,(H,24,25)/t14-,15+,16-,17+,20+,21-,22-/m0/s1. The number of ether oxygens (including phenoxy) is 3. The van der Waals surface area contributed by atoms with Gasteiger partial charge in [0.05, 0.1) is 11.7 Å². The maximum atomic E-state index is 11.8. The molecule has 0 amide bonds. The average Bonchev–Trinajstić information content (AvgIpc) is 2.77. The van der Waals surface area contributed by atoms with Crippen molar-refractivity contribution in [3.8, 4) is 0 Å². The van der Waals surface area contributed by atoms with Crippen LogP contribution in [0.3, 0.4) is 0 Å². The molecule has 0 bridgehead atoms. The lowest BCUT2D eigenvalue weighted by Gasteiger charge is -2.57. The number of carboxylic acids is 1. The van der Waals surface area contributed by atoms with Crippen molar-refractivity contribution in [3.05, 3.63) is 12.7 Å². The van der Waals surface area contributed by atoms with E-state index in [1.165, 1.54) is 6.92 Å². The molecule has 2 heterocycles. The number of carbonyl (C=O) groups is 2. The van der Waals surface area contributed by atoms with Gasteiger partial charge in [-0.1, -0.05) is 26.8 Å². The monoisotopic (exact) mass is 394 g/mol. The van der Waals surface area contributed by atoms with Crippen molar-refractivity contribution in [2.75, 3.05) is 0 Å². The molecule has 3 rings (SSSR count). The van der Waals surface area contributed by atoms with E-state index >= 15 is 0 Å². The van der Waals surface area contributed by atoms with Crippen LogP contribution in [0.4, 0.5) is 0 Å². The van der Waals surface area contributed by atoms with Gasteiger partial charge in [-0.05, 0) is 32.6 Å². The van der Waals surface area contributed by atoms with Crippen molar-refractivity contribution < 1.29 is 28.9 Å². The zero-order valence-electron chi connectivity index (χ0n) is 17.9. The molecule has 3 fully saturated rings. The number of carboxylic acid groups (broad SMARTS) is 1. The van der Waals surface area contributed by atoms with Gasteiger partial charge in [0.1, 0.15) is 6.10 Å². The highest BCUT2D eigenvalue weighted by Crippen LogP contribution is 2.67. The molecule has 6 heteroatoms. The Balaban J connectivity index is 2.05. The molecule has 0 radical (unpaired) electrons. The van der Waals surface area contributed by atoms with Gasteiger partial charge in [-0.3, -0.25) is 9.59 Å². The van der Waals surface area contributed by atoms with E-state index in [4.69, 9.17) is 14.2 Å². The largest absolute Gasteiger partial charge is 0.481 e. The molecule has 158 valence electrons. The van der Waals surface area contributed by atoms with Crippen molar-refractivity contribution in [2.24, 2.45) is 22.7 Å². The summed E-state index contributed by atoms with van der Waals surface area (Å²) in [6, 6.07) is 0. The van der Waals surface area contributed by atoms with Crippen LogP contribution < -0.4 is 0 Å². The van der Waals surface area contributed by atoms with Crippen LogP contribution in [0, 0.1) is 22.7 Å². The molecular formula is C22H34O6. The number of aliphatic carboxylic acids is 1. The van der Waals surface area contributed by atoms with Gasteiger partial charge in [-0.15, -0.1) is 6.58 Å². The molecule has 0 aromatic carbocycles. The van der Waals surface area contributed by atoms with Gasteiger partial charge in [0.2, 0.25) is 0 Å². The summed E-state index contributed by atoms with van der Waals surface area (Å²) in [5.74, 6) is -2.18. The fourth-order valence-electron chi connectivity index (χ4n) is 6.39.